The fraction of sp³-hybridized carbons (Fsp3) is 0.385. The Morgan fingerprint density at radius 3 is 2.90 bits per heavy atom. The first-order valence-corrected chi connectivity index (χ1v) is 7.27. The van der Waals surface area contributed by atoms with Crippen LogP contribution in [-0.2, 0) is 9.53 Å². The SMILES string of the molecule is CNC(=O)C1COCCN1C(=O)c1ccc(Cl)cc1Br. The molecule has 5 nitrogen and oxygen atoms in total. The molecular weight excluding hydrogens is 348 g/mol. The van der Waals surface area contributed by atoms with Crippen LogP contribution >= 0.6 is 27.5 Å². The molecule has 2 amide bonds. The molecule has 1 aliphatic heterocycles. The van der Waals surface area contributed by atoms with Crippen LogP contribution in [0, 0.1) is 0 Å². The summed E-state index contributed by atoms with van der Waals surface area (Å²) in [5, 5.41) is 3.09. The van der Waals surface area contributed by atoms with Gasteiger partial charge in [-0.1, -0.05) is 11.6 Å². The van der Waals surface area contributed by atoms with Gasteiger partial charge in [0.25, 0.3) is 5.91 Å². The zero-order chi connectivity index (χ0) is 14.7. The van der Waals surface area contributed by atoms with Crippen molar-refractivity contribution in [2.45, 2.75) is 6.04 Å². The third kappa shape index (κ3) is 3.13. The molecule has 1 heterocycles. The quantitative estimate of drug-likeness (QED) is 0.872. The summed E-state index contributed by atoms with van der Waals surface area (Å²) in [6, 6.07) is 4.34. The lowest BCUT2D eigenvalue weighted by Crippen LogP contribution is -2.55. The second kappa shape index (κ2) is 6.56. The number of nitrogens with one attached hydrogen (secondary N) is 1. The van der Waals surface area contributed by atoms with Gasteiger partial charge in [-0.15, -0.1) is 0 Å². The number of amides is 2. The zero-order valence-corrected chi connectivity index (χ0v) is 13.2. The van der Waals surface area contributed by atoms with Gasteiger partial charge in [0.05, 0.1) is 18.8 Å². The van der Waals surface area contributed by atoms with Crippen molar-refractivity contribution in [2.24, 2.45) is 0 Å². The zero-order valence-electron chi connectivity index (χ0n) is 10.9. The number of carbonyl (C=O) groups excluding carboxylic acids is 2. The molecule has 1 saturated heterocycles. The van der Waals surface area contributed by atoms with Crippen LogP contribution in [0.1, 0.15) is 10.4 Å². The van der Waals surface area contributed by atoms with Crippen molar-refractivity contribution in [3.63, 3.8) is 0 Å². The molecule has 2 rings (SSSR count). The number of benzene rings is 1. The standard InChI is InChI=1S/C13H14BrClN2O3/c1-16-12(18)11-7-20-5-4-17(11)13(19)9-3-2-8(15)6-10(9)14/h2-3,6,11H,4-5,7H2,1H3,(H,16,18). The number of halogens is 2. The maximum atomic E-state index is 12.6. The molecule has 0 aromatic heterocycles. The topological polar surface area (TPSA) is 58.6 Å². The molecule has 1 atom stereocenters. The molecule has 7 heteroatoms. The molecule has 0 bridgehead atoms. The third-order valence-corrected chi connectivity index (χ3v) is 3.99. The molecule has 0 spiro atoms. The second-order valence-electron chi connectivity index (χ2n) is 4.33. The van der Waals surface area contributed by atoms with Gasteiger partial charge in [0.1, 0.15) is 6.04 Å². The number of morpholine rings is 1. The Morgan fingerprint density at radius 1 is 1.50 bits per heavy atom. The summed E-state index contributed by atoms with van der Waals surface area (Å²) in [6.07, 6.45) is 0. The lowest BCUT2D eigenvalue weighted by Gasteiger charge is -2.34. The van der Waals surface area contributed by atoms with E-state index in [1.165, 1.54) is 11.9 Å². The van der Waals surface area contributed by atoms with Crippen LogP contribution in [-0.4, -0.2) is 49.6 Å². The van der Waals surface area contributed by atoms with Crippen LogP contribution in [0.4, 0.5) is 0 Å². The Morgan fingerprint density at radius 2 is 2.25 bits per heavy atom. The van der Waals surface area contributed by atoms with E-state index in [9.17, 15) is 9.59 Å². The van der Waals surface area contributed by atoms with Gasteiger partial charge in [-0.25, -0.2) is 0 Å². The normalized spacial score (nSPS) is 18.8. The predicted molar refractivity (Wildman–Crippen MR) is 78.9 cm³/mol. The highest BCUT2D eigenvalue weighted by Gasteiger charge is 2.33. The first-order valence-electron chi connectivity index (χ1n) is 6.10. The van der Waals surface area contributed by atoms with Crippen molar-refractivity contribution in [1.29, 1.82) is 0 Å². The highest BCUT2D eigenvalue weighted by molar-refractivity contribution is 9.10. The van der Waals surface area contributed by atoms with Gasteiger partial charge in [0.15, 0.2) is 0 Å². The minimum Gasteiger partial charge on any atom is -0.377 e. The van der Waals surface area contributed by atoms with E-state index in [0.29, 0.717) is 28.2 Å². The van der Waals surface area contributed by atoms with Crippen molar-refractivity contribution >= 4 is 39.3 Å². The van der Waals surface area contributed by atoms with Crippen LogP contribution in [0.25, 0.3) is 0 Å². The maximum absolute atomic E-state index is 12.6. The third-order valence-electron chi connectivity index (χ3n) is 3.10. The maximum Gasteiger partial charge on any atom is 0.255 e. The van der Waals surface area contributed by atoms with Crippen molar-refractivity contribution in [3.05, 3.63) is 33.3 Å². The molecule has 1 aliphatic rings. The van der Waals surface area contributed by atoms with E-state index in [1.54, 1.807) is 18.2 Å². The van der Waals surface area contributed by atoms with Crippen molar-refractivity contribution in [2.75, 3.05) is 26.8 Å². The van der Waals surface area contributed by atoms with Gasteiger partial charge in [-0.05, 0) is 34.1 Å². The van der Waals surface area contributed by atoms with Crippen molar-refractivity contribution in [1.82, 2.24) is 10.2 Å². The highest BCUT2D eigenvalue weighted by Crippen LogP contribution is 2.24. The van der Waals surface area contributed by atoms with Crippen LogP contribution in [0.15, 0.2) is 22.7 Å². The minimum absolute atomic E-state index is 0.205. The number of hydrogen-bond donors (Lipinski definition) is 1. The number of hydrogen-bond acceptors (Lipinski definition) is 3. The van der Waals surface area contributed by atoms with Crippen LogP contribution < -0.4 is 5.32 Å². The summed E-state index contributed by atoms with van der Waals surface area (Å²) in [5.41, 5.74) is 0.477. The van der Waals surface area contributed by atoms with E-state index in [-0.39, 0.29) is 18.4 Å². The average molecular weight is 362 g/mol. The lowest BCUT2D eigenvalue weighted by molar-refractivity contribution is -0.130. The van der Waals surface area contributed by atoms with Crippen molar-refractivity contribution in [3.8, 4) is 0 Å². The number of rotatable bonds is 2. The van der Waals surface area contributed by atoms with E-state index >= 15 is 0 Å². The van der Waals surface area contributed by atoms with Gasteiger partial charge in [0.2, 0.25) is 5.91 Å². The van der Waals surface area contributed by atoms with Crippen molar-refractivity contribution < 1.29 is 14.3 Å². The molecule has 1 aromatic rings. The smallest absolute Gasteiger partial charge is 0.255 e. The van der Waals surface area contributed by atoms with E-state index in [0.717, 1.165) is 0 Å². The Hall–Kier alpha value is -1.11. The summed E-state index contributed by atoms with van der Waals surface area (Å²) < 4.78 is 5.89. The van der Waals surface area contributed by atoms with Crippen LogP contribution in [0.5, 0.6) is 0 Å². The number of nitrogens with zero attached hydrogens (tertiary/aromatic N) is 1. The summed E-state index contributed by atoms with van der Waals surface area (Å²) >= 11 is 9.19. The monoisotopic (exact) mass is 360 g/mol. The van der Waals surface area contributed by atoms with Gasteiger partial charge in [0, 0.05) is 23.1 Å². The van der Waals surface area contributed by atoms with Gasteiger partial charge < -0.3 is 15.0 Å². The fourth-order valence-electron chi connectivity index (χ4n) is 2.05. The molecule has 0 saturated carbocycles. The highest BCUT2D eigenvalue weighted by atomic mass is 79.9. The van der Waals surface area contributed by atoms with Gasteiger partial charge >= 0.3 is 0 Å². The van der Waals surface area contributed by atoms with E-state index in [2.05, 4.69) is 21.2 Å². The Labute approximate surface area is 130 Å². The summed E-state index contributed by atoms with van der Waals surface area (Å²) in [5.74, 6) is -0.450. The van der Waals surface area contributed by atoms with E-state index < -0.39 is 6.04 Å². The molecular formula is C13H14BrClN2O3. The molecule has 20 heavy (non-hydrogen) atoms. The van der Waals surface area contributed by atoms with Crippen LogP contribution in [0.2, 0.25) is 5.02 Å². The Balaban J connectivity index is 2.27. The van der Waals surface area contributed by atoms with Gasteiger partial charge in [-0.2, -0.15) is 0 Å². The molecule has 1 N–H and O–H groups in total. The molecule has 0 radical (unpaired) electrons. The molecule has 1 aromatic carbocycles. The van der Waals surface area contributed by atoms with Gasteiger partial charge in [-0.3, -0.25) is 9.59 Å². The second-order valence-corrected chi connectivity index (χ2v) is 5.62. The molecule has 1 unspecified atom stereocenters. The largest absolute Gasteiger partial charge is 0.377 e. The van der Waals surface area contributed by atoms with Crippen LogP contribution in [0.3, 0.4) is 0 Å². The fourth-order valence-corrected chi connectivity index (χ4v) is 2.90. The summed E-state index contributed by atoms with van der Waals surface area (Å²) in [6.45, 7) is 1.01. The first-order chi connectivity index (χ1) is 9.54. The molecule has 0 aliphatic carbocycles. The molecule has 1 fully saturated rings. The summed E-state index contributed by atoms with van der Waals surface area (Å²) in [7, 11) is 1.54. The Bertz CT molecular complexity index is 538. The first kappa shape index (κ1) is 15.3. The lowest BCUT2D eigenvalue weighted by atomic mass is 10.1. The molecule has 108 valence electrons. The number of likely N-dealkylation sites (N-methyl/N-ethyl adjacent to an activating group) is 1. The average Bonchev–Trinajstić information content (AvgIpc) is 2.46. The minimum atomic E-state index is -0.608. The Kier molecular flexibility index (Phi) is 5.01. The number of carbonyl (C=O) groups is 2. The van der Waals surface area contributed by atoms with E-state index in [1.807, 2.05) is 0 Å². The summed E-state index contributed by atoms with van der Waals surface area (Å²) in [4.78, 5) is 25.9. The van der Waals surface area contributed by atoms with E-state index in [4.69, 9.17) is 16.3 Å². The predicted octanol–water partition coefficient (Wildman–Crippen LogP) is 1.69. The number of ether oxygens (including phenoxy) is 1.